The zero-order valence-electron chi connectivity index (χ0n) is 15.6. The van der Waals surface area contributed by atoms with Gasteiger partial charge in [-0.3, -0.25) is 4.18 Å². The molecule has 0 aliphatic carbocycles. The monoisotopic (exact) mass is 372 g/mol. The van der Waals surface area contributed by atoms with E-state index in [0.29, 0.717) is 12.8 Å². The zero-order chi connectivity index (χ0) is 19.0. The van der Waals surface area contributed by atoms with Crippen molar-refractivity contribution in [1.29, 1.82) is 0 Å². The predicted octanol–water partition coefficient (Wildman–Crippen LogP) is 5.45. The molecular formula is C22H28O3S. The van der Waals surface area contributed by atoms with Crippen LogP contribution in [0.5, 0.6) is 0 Å². The highest BCUT2D eigenvalue weighted by Crippen LogP contribution is 2.23. The third-order valence-electron chi connectivity index (χ3n) is 4.41. The van der Waals surface area contributed by atoms with Gasteiger partial charge < -0.3 is 0 Å². The minimum atomic E-state index is -3.80. The Balaban J connectivity index is 2.07. The van der Waals surface area contributed by atoms with Crippen molar-refractivity contribution in [3.63, 3.8) is 0 Å². The molecule has 0 heterocycles. The Labute approximate surface area is 157 Å². The summed E-state index contributed by atoms with van der Waals surface area (Å²) in [5.41, 5.74) is 3.06. The van der Waals surface area contributed by atoms with Crippen LogP contribution < -0.4 is 0 Å². The van der Waals surface area contributed by atoms with Gasteiger partial charge in [0.05, 0.1) is 11.0 Å². The van der Waals surface area contributed by atoms with Crippen LogP contribution in [0.25, 0.3) is 0 Å². The Bertz CT molecular complexity index is 793. The average molecular weight is 373 g/mol. The SMILES string of the molecule is C=C(CCc1ccccc1)C(CCCC)OS(=O)(=O)c1ccc(C)cc1. The topological polar surface area (TPSA) is 43.4 Å². The molecule has 0 fully saturated rings. The molecule has 0 saturated heterocycles. The molecule has 1 atom stereocenters. The molecule has 0 aliphatic rings. The van der Waals surface area contributed by atoms with E-state index < -0.39 is 16.2 Å². The van der Waals surface area contributed by atoms with Gasteiger partial charge in [-0.1, -0.05) is 74.4 Å². The van der Waals surface area contributed by atoms with Crippen molar-refractivity contribution < 1.29 is 12.6 Å². The molecule has 0 spiro atoms. The van der Waals surface area contributed by atoms with Crippen molar-refractivity contribution in [1.82, 2.24) is 0 Å². The third kappa shape index (κ3) is 6.11. The van der Waals surface area contributed by atoms with Crippen molar-refractivity contribution in [3.05, 3.63) is 77.9 Å². The number of benzene rings is 2. The van der Waals surface area contributed by atoms with Gasteiger partial charge in [0, 0.05) is 0 Å². The molecule has 1 unspecified atom stereocenters. The van der Waals surface area contributed by atoms with Crippen molar-refractivity contribution in [3.8, 4) is 0 Å². The number of rotatable bonds is 10. The van der Waals surface area contributed by atoms with E-state index in [1.54, 1.807) is 24.3 Å². The standard InChI is InChI=1S/C22H28O3S/c1-4-5-11-22(19(3)14-15-20-9-7-6-8-10-20)25-26(23,24)21-16-12-18(2)13-17-21/h6-10,12-13,16-17,22H,3-5,11,14-15H2,1-2H3. The minimum Gasteiger partial charge on any atom is -0.259 e. The van der Waals surface area contributed by atoms with Gasteiger partial charge in [-0.25, -0.2) is 0 Å². The Morgan fingerprint density at radius 1 is 1.08 bits per heavy atom. The summed E-state index contributed by atoms with van der Waals surface area (Å²) in [6.45, 7) is 8.13. The van der Waals surface area contributed by atoms with Crippen molar-refractivity contribution in [2.75, 3.05) is 0 Å². The Hall–Kier alpha value is -1.91. The summed E-state index contributed by atoms with van der Waals surface area (Å²) in [7, 11) is -3.80. The zero-order valence-corrected chi connectivity index (χ0v) is 16.5. The van der Waals surface area contributed by atoms with Gasteiger partial charge in [0.15, 0.2) is 0 Å². The molecule has 0 aliphatic heterocycles. The Morgan fingerprint density at radius 2 is 1.73 bits per heavy atom. The number of hydrogen-bond acceptors (Lipinski definition) is 3. The molecule has 2 aromatic rings. The molecule has 0 N–H and O–H groups in total. The highest BCUT2D eigenvalue weighted by Gasteiger charge is 2.23. The summed E-state index contributed by atoms with van der Waals surface area (Å²) in [5, 5.41) is 0. The third-order valence-corrected chi connectivity index (χ3v) is 5.74. The summed E-state index contributed by atoms with van der Waals surface area (Å²) in [6.07, 6.45) is 3.60. The highest BCUT2D eigenvalue weighted by atomic mass is 32.2. The van der Waals surface area contributed by atoms with Crippen LogP contribution in [0.1, 0.15) is 43.7 Å². The van der Waals surface area contributed by atoms with Crippen molar-refractivity contribution >= 4 is 10.1 Å². The van der Waals surface area contributed by atoms with Crippen LogP contribution in [0, 0.1) is 6.92 Å². The lowest BCUT2D eigenvalue weighted by molar-refractivity contribution is 0.225. The molecule has 4 heteroatoms. The number of hydrogen-bond donors (Lipinski definition) is 0. The maximum absolute atomic E-state index is 12.6. The second-order valence-electron chi connectivity index (χ2n) is 6.64. The number of aryl methyl sites for hydroxylation is 2. The molecule has 140 valence electrons. The van der Waals surface area contributed by atoms with Gasteiger partial charge in [-0.15, -0.1) is 0 Å². The lowest BCUT2D eigenvalue weighted by Crippen LogP contribution is -2.21. The average Bonchev–Trinajstić information content (AvgIpc) is 2.64. The second-order valence-corrected chi connectivity index (χ2v) is 8.21. The molecule has 2 rings (SSSR count). The van der Waals surface area contributed by atoms with Crippen molar-refractivity contribution in [2.45, 2.75) is 57.0 Å². The molecule has 0 radical (unpaired) electrons. The number of unbranched alkanes of at least 4 members (excludes halogenated alkanes) is 1. The smallest absolute Gasteiger partial charge is 0.259 e. The van der Waals surface area contributed by atoms with Crippen LogP contribution in [0.4, 0.5) is 0 Å². The molecule has 0 saturated carbocycles. The molecule has 0 aromatic heterocycles. The normalized spacial score (nSPS) is 12.7. The van der Waals surface area contributed by atoms with E-state index in [2.05, 4.69) is 25.6 Å². The summed E-state index contributed by atoms with van der Waals surface area (Å²) >= 11 is 0. The lowest BCUT2D eigenvalue weighted by atomic mass is 9.99. The van der Waals surface area contributed by atoms with E-state index >= 15 is 0 Å². The largest absolute Gasteiger partial charge is 0.297 e. The lowest BCUT2D eigenvalue weighted by Gasteiger charge is -2.20. The van der Waals surface area contributed by atoms with Crippen LogP contribution in [-0.4, -0.2) is 14.5 Å². The van der Waals surface area contributed by atoms with E-state index in [1.807, 2.05) is 25.1 Å². The van der Waals surface area contributed by atoms with Gasteiger partial charge in [0.25, 0.3) is 10.1 Å². The van der Waals surface area contributed by atoms with E-state index in [0.717, 1.165) is 30.4 Å². The van der Waals surface area contributed by atoms with E-state index in [9.17, 15) is 8.42 Å². The van der Waals surface area contributed by atoms with Gasteiger partial charge >= 0.3 is 0 Å². The van der Waals surface area contributed by atoms with Gasteiger partial charge in [-0.05, 0) is 49.5 Å². The van der Waals surface area contributed by atoms with Crippen LogP contribution in [0.2, 0.25) is 0 Å². The quantitative estimate of drug-likeness (QED) is 0.411. The summed E-state index contributed by atoms with van der Waals surface area (Å²) in [4.78, 5) is 0.195. The first kappa shape index (κ1) is 20.4. The second kappa shape index (κ2) is 9.70. The maximum atomic E-state index is 12.6. The van der Waals surface area contributed by atoms with E-state index in [-0.39, 0.29) is 4.90 Å². The fourth-order valence-corrected chi connectivity index (χ4v) is 3.85. The molecule has 26 heavy (non-hydrogen) atoms. The first-order chi connectivity index (χ1) is 12.4. The Kier molecular flexibility index (Phi) is 7.61. The summed E-state index contributed by atoms with van der Waals surface area (Å²) < 4.78 is 30.9. The van der Waals surface area contributed by atoms with Crippen molar-refractivity contribution in [2.24, 2.45) is 0 Å². The Morgan fingerprint density at radius 3 is 2.35 bits per heavy atom. The fourth-order valence-electron chi connectivity index (χ4n) is 2.73. The molecular weight excluding hydrogens is 344 g/mol. The van der Waals surface area contributed by atoms with Crippen LogP contribution in [0.15, 0.2) is 71.6 Å². The highest BCUT2D eigenvalue weighted by molar-refractivity contribution is 7.86. The van der Waals surface area contributed by atoms with Gasteiger partial charge in [-0.2, -0.15) is 8.42 Å². The summed E-state index contributed by atoms with van der Waals surface area (Å²) in [6, 6.07) is 16.9. The molecule has 2 aromatic carbocycles. The minimum absolute atomic E-state index is 0.195. The van der Waals surface area contributed by atoms with E-state index in [1.165, 1.54) is 5.56 Å². The molecule has 0 amide bonds. The fraction of sp³-hybridized carbons (Fsp3) is 0.364. The first-order valence-corrected chi connectivity index (χ1v) is 10.5. The summed E-state index contributed by atoms with van der Waals surface area (Å²) in [5.74, 6) is 0. The van der Waals surface area contributed by atoms with Crippen LogP contribution in [0.3, 0.4) is 0 Å². The van der Waals surface area contributed by atoms with Gasteiger partial charge in [0.2, 0.25) is 0 Å². The van der Waals surface area contributed by atoms with Crippen LogP contribution in [-0.2, 0) is 20.7 Å². The van der Waals surface area contributed by atoms with Gasteiger partial charge in [0.1, 0.15) is 0 Å². The first-order valence-electron chi connectivity index (χ1n) is 9.14. The molecule has 0 bridgehead atoms. The van der Waals surface area contributed by atoms with Crippen LogP contribution >= 0.6 is 0 Å². The maximum Gasteiger partial charge on any atom is 0.297 e. The van der Waals surface area contributed by atoms with E-state index in [4.69, 9.17) is 4.18 Å². The predicted molar refractivity (Wildman–Crippen MR) is 107 cm³/mol. The molecule has 3 nitrogen and oxygen atoms in total.